The van der Waals surface area contributed by atoms with E-state index in [4.69, 9.17) is 9.31 Å². The summed E-state index contributed by atoms with van der Waals surface area (Å²) in [7, 11) is 1.17. The molecule has 1 heterocycles. The maximum absolute atomic E-state index is 12.9. The highest BCUT2D eigenvalue weighted by Gasteiger charge is 2.52. The number of hydrogen-bond donors (Lipinski definition) is 1. The molecule has 24 heavy (non-hydrogen) atoms. The highest BCUT2D eigenvalue weighted by molar-refractivity contribution is 6.55. The molecule has 1 aromatic carbocycles. The van der Waals surface area contributed by atoms with Crippen LogP contribution in [0, 0.1) is 0 Å². The van der Waals surface area contributed by atoms with Gasteiger partial charge in [-0.25, -0.2) is 0 Å². The summed E-state index contributed by atoms with van der Waals surface area (Å²) in [5.41, 5.74) is -0.467. The van der Waals surface area contributed by atoms with Crippen LogP contribution in [0.1, 0.15) is 38.8 Å². The number of nitrogens with one attached hydrogen (secondary N) is 1. The van der Waals surface area contributed by atoms with Crippen molar-refractivity contribution < 1.29 is 22.5 Å². The average Bonchev–Trinajstić information content (AvgIpc) is 2.66. The molecule has 0 saturated carbocycles. The lowest BCUT2D eigenvalue weighted by atomic mass is 9.77. The first-order valence-corrected chi connectivity index (χ1v) is 7.84. The molecule has 0 amide bonds. The SMILES string of the molecule is CNCC(=Cc1cccc(C(F)(F)F)c1)B1OC(C)(C)C(C)(C)O1. The van der Waals surface area contributed by atoms with Gasteiger partial charge in [0.05, 0.1) is 16.8 Å². The highest BCUT2D eigenvalue weighted by Crippen LogP contribution is 2.39. The summed E-state index contributed by atoms with van der Waals surface area (Å²) in [6, 6.07) is 5.22. The lowest BCUT2D eigenvalue weighted by Gasteiger charge is -2.32. The Labute approximate surface area is 141 Å². The number of alkyl halides is 3. The molecule has 132 valence electrons. The predicted octanol–water partition coefficient (Wildman–Crippen LogP) is 3.94. The van der Waals surface area contributed by atoms with Gasteiger partial charge in [0.2, 0.25) is 0 Å². The predicted molar refractivity (Wildman–Crippen MR) is 89.4 cm³/mol. The molecule has 1 aromatic rings. The van der Waals surface area contributed by atoms with E-state index in [1.165, 1.54) is 6.07 Å². The average molecular weight is 341 g/mol. The smallest absolute Gasteiger partial charge is 0.400 e. The maximum Gasteiger partial charge on any atom is 0.491 e. The fourth-order valence-electron chi connectivity index (χ4n) is 2.42. The lowest BCUT2D eigenvalue weighted by molar-refractivity contribution is -0.137. The molecule has 0 unspecified atom stereocenters. The second kappa shape index (κ2) is 6.54. The summed E-state index contributed by atoms with van der Waals surface area (Å²) >= 11 is 0. The second-order valence-electron chi connectivity index (χ2n) is 6.96. The van der Waals surface area contributed by atoms with Crippen molar-refractivity contribution >= 4 is 13.2 Å². The van der Waals surface area contributed by atoms with Gasteiger partial charge in [-0.3, -0.25) is 0 Å². The Kier molecular flexibility index (Phi) is 5.18. The van der Waals surface area contributed by atoms with Gasteiger partial charge in [-0.05, 0) is 57.9 Å². The van der Waals surface area contributed by atoms with Crippen molar-refractivity contribution in [3.05, 3.63) is 40.9 Å². The maximum atomic E-state index is 12.9. The Hall–Kier alpha value is -1.31. The molecule has 1 aliphatic rings. The molecule has 0 atom stereocenters. The van der Waals surface area contributed by atoms with Gasteiger partial charge in [-0.15, -0.1) is 0 Å². The highest BCUT2D eigenvalue weighted by atomic mass is 19.4. The molecule has 1 fully saturated rings. The molecule has 3 nitrogen and oxygen atoms in total. The molecule has 0 aliphatic carbocycles. The molecule has 0 radical (unpaired) electrons. The van der Waals surface area contributed by atoms with Crippen LogP contribution in [0.3, 0.4) is 0 Å². The molecule has 1 N–H and O–H groups in total. The third-order valence-electron chi connectivity index (χ3n) is 4.50. The fraction of sp³-hybridized carbons (Fsp3) is 0.529. The van der Waals surface area contributed by atoms with Crippen LogP contribution >= 0.6 is 0 Å². The van der Waals surface area contributed by atoms with Crippen molar-refractivity contribution in [3.63, 3.8) is 0 Å². The number of likely N-dealkylation sites (N-methyl/N-ethyl adjacent to an activating group) is 1. The number of halogens is 3. The van der Waals surface area contributed by atoms with Crippen LogP contribution in [-0.4, -0.2) is 31.9 Å². The summed E-state index contributed by atoms with van der Waals surface area (Å²) in [6.07, 6.45) is -2.68. The summed E-state index contributed by atoms with van der Waals surface area (Å²) in [6.45, 7) is 8.21. The first-order valence-electron chi connectivity index (χ1n) is 7.84. The van der Waals surface area contributed by atoms with Crippen LogP contribution in [0.25, 0.3) is 6.08 Å². The minimum absolute atomic E-state index is 0.451. The fourth-order valence-corrected chi connectivity index (χ4v) is 2.42. The molecule has 1 saturated heterocycles. The normalized spacial score (nSPS) is 20.5. The number of hydrogen-bond acceptors (Lipinski definition) is 3. The Bertz CT molecular complexity index is 611. The van der Waals surface area contributed by atoms with Gasteiger partial charge in [0, 0.05) is 6.54 Å². The van der Waals surface area contributed by atoms with Crippen molar-refractivity contribution in [2.45, 2.75) is 45.1 Å². The Balaban J connectivity index is 2.33. The van der Waals surface area contributed by atoms with E-state index in [-0.39, 0.29) is 0 Å². The van der Waals surface area contributed by atoms with Gasteiger partial charge in [0.1, 0.15) is 0 Å². The van der Waals surface area contributed by atoms with Gasteiger partial charge in [0.15, 0.2) is 0 Å². The molecule has 1 aliphatic heterocycles. The van der Waals surface area contributed by atoms with Gasteiger partial charge >= 0.3 is 13.3 Å². The first-order chi connectivity index (χ1) is 11.0. The van der Waals surface area contributed by atoms with Gasteiger partial charge < -0.3 is 14.6 Å². The van der Waals surface area contributed by atoms with Crippen LogP contribution in [0.15, 0.2) is 29.7 Å². The van der Waals surface area contributed by atoms with Crippen LogP contribution in [0.4, 0.5) is 13.2 Å². The van der Waals surface area contributed by atoms with E-state index >= 15 is 0 Å². The van der Waals surface area contributed by atoms with Crippen molar-refractivity contribution in [1.82, 2.24) is 5.32 Å². The molecule has 7 heteroatoms. The topological polar surface area (TPSA) is 30.5 Å². The summed E-state index contributed by atoms with van der Waals surface area (Å²) in [5, 5.41) is 3.01. The van der Waals surface area contributed by atoms with Crippen molar-refractivity contribution in [1.29, 1.82) is 0 Å². The zero-order chi connectivity index (χ0) is 18.2. The Morgan fingerprint density at radius 1 is 1.17 bits per heavy atom. The number of rotatable bonds is 4. The lowest BCUT2D eigenvalue weighted by Crippen LogP contribution is -2.41. The first kappa shape index (κ1) is 19.0. The monoisotopic (exact) mass is 341 g/mol. The van der Waals surface area contributed by atoms with E-state index in [1.54, 1.807) is 19.2 Å². The van der Waals surface area contributed by atoms with E-state index in [9.17, 15) is 13.2 Å². The minimum atomic E-state index is -4.36. The van der Waals surface area contributed by atoms with Gasteiger partial charge in [-0.2, -0.15) is 13.2 Å². The van der Waals surface area contributed by atoms with Crippen molar-refractivity contribution in [2.75, 3.05) is 13.6 Å². The summed E-state index contributed by atoms with van der Waals surface area (Å²) in [5.74, 6) is 0. The van der Waals surface area contributed by atoms with E-state index in [1.807, 2.05) is 27.7 Å². The molecule has 0 spiro atoms. The molecular weight excluding hydrogens is 318 g/mol. The summed E-state index contributed by atoms with van der Waals surface area (Å²) in [4.78, 5) is 0. The van der Waals surface area contributed by atoms with E-state index in [2.05, 4.69) is 5.32 Å². The van der Waals surface area contributed by atoms with E-state index < -0.39 is 30.1 Å². The van der Waals surface area contributed by atoms with Crippen LogP contribution in [0.2, 0.25) is 0 Å². The largest absolute Gasteiger partial charge is 0.491 e. The van der Waals surface area contributed by atoms with Crippen LogP contribution in [-0.2, 0) is 15.5 Å². The van der Waals surface area contributed by atoms with Crippen LogP contribution < -0.4 is 5.32 Å². The Morgan fingerprint density at radius 3 is 2.25 bits per heavy atom. The van der Waals surface area contributed by atoms with E-state index in [0.717, 1.165) is 17.6 Å². The third kappa shape index (κ3) is 4.02. The zero-order valence-electron chi connectivity index (χ0n) is 14.6. The Morgan fingerprint density at radius 2 is 1.75 bits per heavy atom. The van der Waals surface area contributed by atoms with Crippen LogP contribution in [0.5, 0.6) is 0 Å². The molecular formula is C17H23BF3NO2. The third-order valence-corrected chi connectivity index (χ3v) is 4.50. The van der Waals surface area contributed by atoms with E-state index in [0.29, 0.717) is 12.1 Å². The van der Waals surface area contributed by atoms with Gasteiger partial charge in [-0.1, -0.05) is 18.2 Å². The second-order valence-corrected chi connectivity index (χ2v) is 6.96. The van der Waals surface area contributed by atoms with Gasteiger partial charge in [0.25, 0.3) is 0 Å². The zero-order valence-corrected chi connectivity index (χ0v) is 14.6. The molecule has 0 bridgehead atoms. The van der Waals surface area contributed by atoms with Crippen molar-refractivity contribution in [2.24, 2.45) is 0 Å². The quantitative estimate of drug-likeness (QED) is 0.842. The standard InChI is InChI=1S/C17H23BF3NO2/c1-15(2)16(3,4)24-18(23-15)14(11-22-5)10-12-7-6-8-13(9-12)17(19,20)21/h6-10,22H,11H2,1-5H3. The van der Waals surface area contributed by atoms with Crippen molar-refractivity contribution in [3.8, 4) is 0 Å². The summed E-state index contributed by atoms with van der Waals surface area (Å²) < 4.78 is 50.6. The molecule has 0 aromatic heterocycles. The molecule has 2 rings (SSSR count). The number of benzene rings is 1. The minimum Gasteiger partial charge on any atom is -0.400 e.